The standard InChI is InChI=1S/C18H19FN2O3/c1-12(18(22)20-15-6-4-14(19)5-7-15)21(2)10-13-3-8-16-17(9-13)24-11-23-16/h3-9,12H,10-11H2,1-2H3,(H,20,22)/t12-/m0/s1. The van der Waals surface area contributed by atoms with Gasteiger partial charge in [0.15, 0.2) is 11.5 Å². The Balaban J connectivity index is 1.60. The zero-order chi connectivity index (χ0) is 17.1. The van der Waals surface area contributed by atoms with Crippen molar-refractivity contribution in [3.8, 4) is 11.5 Å². The van der Waals surface area contributed by atoms with Crippen LogP contribution in [0.4, 0.5) is 10.1 Å². The maximum atomic E-state index is 12.9. The van der Waals surface area contributed by atoms with Gasteiger partial charge in [-0.3, -0.25) is 9.69 Å². The van der Waals surface area contributed by atoms with Gasteiger partial charge < -0.3 is 14.8 Å². The number of hydrogen-bond acceptors (Lipinski definition) is 4. The predicted octanol–water partition coefficient (Wildman–Crippen LogP) is 3.01. The SMILES string of the molecule is C[C@@H](C(=O)Nc1ccc(F)cc1)N(C)Cc1ccc2c(c1)OCO2. The Labute approximate surface area is 140 Å². The largest absolute Gasteiger partial charge is 0.454 e. The number of rotatable bonds is 5. The lowest BCUT2D eigenvalue weighted by Crippen LogP contribution is -2.39. The summed E-state index contributed by atoms with van der Waals surface area (Å²) in [5.74, 6) is 0.985. The van der Waals surface area contributed by atoms with Crippen LogP contribution in [0.2, 0.25) is 0 Å². The van der Waals surface area contributed by atoms with Crippen LogP contribution in [0.5, 0.6) is 11.5 Å². The van der Waals surface area contributed by atoms with E-state index in [0.29, 0.717) is 12.2 Å². The van der Waals surface area contributed by atoms with Crippen molar-refractivity contribution in [1.82, 2.24) is 4.90 Å². The molecule has 0 fully saturated rings. The van der Waals surface area contributed by atoms with Gasteiger partial charge in [-0.2, -0.15) is 0 Å². The summed E-state index contributed by atoms with van der Waals surface area (Å²) in [4.78, 5) is 14.3. The zero-order valence-electron chi connectivity index (χ0n) is 13.6. The van der Waals surface area contributed by atoms with Gasteiger partial charge in [0.1, 0.15) is 5.82 Å². The molecule has 0 radical (unpaired) electrons. The summed E-state index contributed by atoms with van der Waals surface area (Å²) >= 11 is 0. The molecule has 0 aromatic heterocycles. The van der Waals surface area contributed by atoms with Crippen molar-refractivity contribution in [2.24, 2.45) is 0 Å². The van der Waals surface area contributed by atoms with Gasteiger partial charge >= 0.3 is 0 Å². The number of benzene rings is 2. The smallest absolute Gasteiger partial charge is 0.241 e. The van der Waals surface area contributed by atoms with Gasteiger partial charge in [0.25, 0.3) is 0 Å². The molecule has 24 heavy (non-hydrogen) atoms. The number of carbonyl (C=O) groups excluding carboxylic acids is 1. The number of nitrogens with one attached hydrogen (secondary N) is 1. The van der Waals surface area contributed by atoms with Gasteiger partial charge in [-0.25, -0.2) is 4.39 Å². The Morgan fingerprint density at radius 3 is 2.67 bits per heavy atom. The molecule has 6 heteroatoms. The number of ether oxygens (including phenoxy) is 2. The molecule has 2 aromatic carbocycles. The van der Waals surface area contributed by atoms with Crippen molar-refractivity contribution in [1.29, 1.82) is 0 Å². The molecule has 1 aliphatic rings. The van der Waals surface area contributed by atoms with Crippen LogP contribution in [0.3, 0.4) is 0 Å². The van der Waals surface area contributed by atoms with Crippen molar-refractivity contribution in [2.45, 2.75) is 19.5 Å². The fraction of sp³-hybridized carbons (Fsp3) is 0.278. The molecule has 0 bridgehead atoms. The molecule has 1 atom stereocenters. The molecule has 0 aliphatic carbocycles. The van der Waals surface area contributed by atoms with Crippen LogP contribution >= 0.6 is 0 Å². The molecule has 0 saturated heterocycles. The number of likely N-dealkylation sites (N-methyl/N-ethyl adjacent to an activating group) is 1. The molecule has 1 N–H and O–H groups in total. The summed E-state index contributed by atoms with van der Waals surface area (Å²) < 4.78 is 23.6. The maximum Gasteiger partial charge on any atom is 0.241 e. The Hall–Kier alpha value is -2.60. The first-order chi connectivity index (χ1) is 11.5. The number of amides is 1. The van der Waals surface area contributed by atoms with Crippen LogP contribution in [0.15, 0.2) is 42.5 Å². The van der Waals surface area contributed by atoms with Crippen molar-refractivity contribution in [2.75, 3.05) is 19.2 Å². The van der Waals surface area contributed by atoms with Gasteiger partial charge in [-0.1, -0.05) is 6.07 Å². The van der Waals surface area contributed by atoms with E-state index in [1.54, 1.807) is 0 Å². The van der Waals surface area contributed by atoms with Crippen molar-refractivity contribution in [3.05, 3.63) is 53.8 Å². The van der Waals surface area contributed by atoms with Crippen LogP contribution in [-0.4, -0.2) is 30.7 Å². The molecular formula is C18H19FN2O3. The molecule has 2 aromatic rings. The fourth-order valence-electron chi connectivity index (χ4n) is 2.44. The van der Waals surface area contributed by atoms with E-state index in [1.807, 2.05) is 37.1 Å². The quantitative estimate of drug-likeness (QED) is 0.916. The Morgan fingerprint density at radius 1 is 1.21 bits per heavy atom. The van der Waals surface area contributed by atoms with E-state index in [1.165, 1.54) is 24.3 Å². The highest BCUT2D eigenvalue weighted by Gasteiger charge is 2.20. The van der Waals surface area contributed by atoms with E-state index in [9.17, 15) is 9.18 Å². The van der Waals surface area contributed by atoms with Crippen molar-refractivity contribution < 1.29 is 18.7 Å². The van der Waals surface area contributed by atoms with Gasteiger partial charge in [0.2, 0.25) is 12.7 Å². The number of fused-ring (bicyclic) bond motifs is 1. The van der Waals surface area contributed by atoms with E-state index in [4.69, 9.17) is 9.47 Å². The first kappa shape index (κ1) is 16.3. The molecule has 5 nitrogen and oxygen atoms in total. The van der Waals surface area contributed by atoms with Gasteiger partial charge in [0, 0.05) is 12.2 Å². The Kier molecular flexibility index (Phi) is 4.66. The highest BCUT2D eigenvalue weighted by atomic mass is 19.1. The van der Waals surface area contributed by atoms with Gasteiger partial charge in [-0.05, 0) is 55.9 Å². The molecule has 0 saturated carbocycles. The average molecular weight is 330 g/mol. The summed E-state index contributed by atoms with van der Waals surface area (Å²) in [5.41, 5.74) is 1.60. The van der Waals surface area contributed by atoms with Crippen LogP contribution < -0.4 is 14.8 Å². The first-order valence-electron chi connectivity index (χ1n) is 7.68. The topological polar surface area (TPSA) is 50.8 Å². The normalized spacial score (nSPS) is 13.8. The zero-order valence-corrected chi connectivity index (χ0v) is 13.6. The fourth-order valence-corrected chi connectivity index (χ4v) is 2.44. The second kappa shape index (κ2) is 6.88. The maximum absolute atomic E-state index is 12.9. The minimum Gasteiger partial charge on any atom is -0.454 e. The molecule has 0 spiro atoms. The molecule has 1 aliphatic heterocycles. The van der Waals surface area contributed by atoms with E-state index in [-0.39, 0.29) is 24.6 Å². The summed E-state index contributed by atoms with van der Waals surface area (Å²) in [6, 6.07) is 11.1. The Morgan fingerprint density at radius 2 is 1.92 bits per heavy atom. The van der Waals surface area contributed by atoms with Gasteiger partial charge in [0.05, 0.1) is 6.04 Å². The third kappa shape index (κ3) is 3.65. The number of hydrogen-bond donors (Lipinski definition) is 1. The van der Waals surface area contributed by atoms with Crippen LogP contribution in [0, 0.1) is 5.82 Å². The van der Waals surface area contributed by atoms with E-state index in [0.717, 1.165) is 17.1 Å². The van der Waals surface area contributed by atoms with Gasteiger partial charge in [-0.15, -0.1) is 0 Å². The number of halogens is 1. The minimum absolute atomic E-state index is 0.148. The lowest BCUT2D eigenvalue weighted by molar-refractivity contribution is -0.120. The Bertz CT molecular complexity index is 734. The molecule has 3 rings (SSSR count). The van der Waals surface area contributed by atoms with E-state index < -0.39 is 0 Å². The number of anilines is 1. The highest BCUT2D eigenvalue weighted by Crippen LogP contribution is 2.32. The highest BCUT2D eigenvalue weighted by molar-refractivity contribution is 5.94. The van der Waals surface area contributed by atoms with E-state index in [2.05, 4.69) is 5.32 Å². The number of nitrogens with zero attached hydrogens (tertiary/aromatic N) is 1. The molecule has 1 heterocycles. The molecule has 1 amide bonds. The summed E-state index contributed by atoms with van der Waals surface area (Å²) in [7, 11) is 1.87. The third-order valence-electron chi connectivity index (χ3n) is 4.02. The van der Waals surface area contributed by atoms with Crippen molar-refractivity contribution >= 4 is 11.6 Å². The molecule has 126 valence electrons. The van der Waals surface area contributed by atoms with Crippen LogP contribution in [-0.2, 0) is 11.3 Å². The average Bonchev–Trinajstić information content (AvgIpc) is 3.03. The third-order valence-corrected chi connectivity index (χ3v) is 4.02. The van der Waals surface area contributed by atoms with Crippen LogP contribution in [0.25, 0.3) is 0 Å². The first-order valence-corrected chi connectivity index (χ1v) is 7.68. The second-order valence-corrected chi connectivity index (χ2v) is 5.77. The summed E-state index contributed by atoms with van der Waals surface area (Å²) in [6.07, 6.45) is 0. The van der Waals surface area contributed by atoms with E-state index >= 15 is 0 Å². The lowest BCUT2D eigenvalue weighted by Gasteiger charge is -2.24. The predicted molar refractivity (Wildman–Crippen MR) is 88.5 cm³/mol. The summed E-state index contributed by atoms with van der Waals surface area (Å²) in [6.45, 7) is 2.66. The molecular weight excluding hydrogens is 311 g/mol. The summed E-state index contributed by atoms with van der Waals surface area (Å²) in [5, 5.41) is 2.79. The molecule has 0 unspecified atom stereocenters. The number of carbonyl (C=O) groups is 1. The lowest BCUT2D eigenvalue weighted by atomic mass is 10.1. The minimum atomic E-state index is -0.347. The van der Waals surface area contributed by atoms with Crippen LogP contribution in [0.1, 0.15) is 12.5 Å². The second-order valence-electron chi connectivity index (χ2n) is 5.77. The monoisotopic (exact) mass is 330 g/mol. The van der Waals surface area contributed by atoms with Crippen molar-refractivity contribution in [3.63, 3.8) is 0 Å².